The van der Waals surface area contributed by atoms with Gasteiger partial charge in [-0.1, -0.05) is 234 Å². The highest BCUT2D eigenvalue weighted by atomic mass is 16.6. The molecule has 0 spiro atoms. The topological polar surface area (TPSA) is 78.9 Å². The van der Waals surface area contributed by atoms with Gasteiger partial charge < -0.3 is 14.2 Å². The van der Waals surface area contributed by atoms with E-state index < -0.39 is 6.10 Å². The molecule has 0 aliphatic rings. The van der Waals surface area contributed by atoms with Gasteiger partial charge >= 0.3 is 17.9 Å². The summed E-state index contributed by atoms with van der Waals surface area (Å²) in [5.74, 6) is -0.916. The number of carbonyl (C=O) groups is 3. The van der Waals surface area contributed by atoms with Crippen molar-refractivity contribution in [2.75, 3.05) is 13.2 Å². The summed E-state index contributed by atoms with van der Waals surface area (Å²) < 4.78 is 16.9. The van der Waals surface area contributed by atoms with Gasteiger partial charge in [-0.05, 0) is 109 Å². The first kappa shape index (κ1) is 65.6. The second kappa shape index (κ2) is 57.2. The monoisotopic (exact) mass is 961 g/mol. The molecule has 0 aliphatic carbocycles. The molecule has 0 aromatic rings. The molecule has 69 heavy (non-hydrogen) atoms. The van der Waals surface area contributed by atoms with Crippen LogP contribution in [0.3, 0.4) is 0 Å². The normalized spacial score (nSPS) is 12.7. The maximum absolute atomic E-state index is 12.9. The second-order valence-corrected chi connectivity index (χ2v) is 19.2. The van der Waals surface area contributed by atoms with Crippen molar-refractivity contribution in [1.82, 2.24) is 0 Å². The third-order valence-electron chi connectivity index (χ3n) is 12.4. The van der Waals surface area contributed by atoms with Crippen LogP contribution in [0, 0.1) is 0 Å². The van der Waals surface area contributed by atoms with Gasteiger partial charge in [-0.15, -0.1) is 0 Å². The molecule has 0 N–H and O–H groups in total. The Morgan fingerprint density at radius 1 is 0.319 bits per heavy atom. The fraction of sp³-hybridized carbons (Fsp3) is 0.730. The number of hydrogen-bond acceptors (Lipinski definition) is 6. The van der Waals surface area contributed by atoms with Crippen LogP contribution >= 0.6 is 0 Å². The van der Waals surface area contributed by atoms with Crippen LogP contribution in [0.15, 0.2) is 85.1 Å². The van der Waals surface area contributed by atoms with E-state index >= 15 is 0 Å². The average Bonchev–Trinajstić information content (AvgIpc) is 3.35. The quantitative estimate of drug-likeness (QED) is 0.0199. The number of carbonyl (C=O) groups excluding carboxylic acids is 3. The zero-order valence-electron chi connectivity index (χ0n) is 45.3. The predicted molar refractivity (Wildman–Crippen MR) is 297 cm³/mol. The smallest absolute Gasteiger partial charge is 0.306 e. The fourth-order valence-electron chi connectivity index (χ4n) is 8.01. The molecule has 6 nitrogen and oxygen atoms in total. The summed E-state index contributed by atoms with van der Waals surface area (Å²) in [5, 5.41) is 0. The molecule has 1 unspecified atom stereocenters. The molecule has 1 atom stereocenters. The molecule has 0 bridgehead atoms. The van der Waals surface area contributed by atoms with Gasteiger partial charge in [0, 0.05) is 19.3 Å². The van der Waals surface area contributed by atoms with Crippen LogP contribution in [0.1, 0.15) is 278 Å². The largest absolute Gasteiger partial charge is 0.462 e. The highest BCUT2D eigenvalue weighted by molar-refractivity contribution is 5.71. The zero-order chi connectivity index (χ0) is 50.0. The van der Waals surface area contributed by atoms with E-state index in [1.54, 1.807) is 0 Å². The first-order valence-corrected chi connectivity index (χ1v) is 29.1. The number of allylic oxidation sites excluding steroid dienone is 14. The summed E-state index contributed by atoms with van der Waals surface area (Å²) in [6.45, 7) is 6.48. The SMILES string of the molecule is CC/C=C\C/C=C\C/C=C\C/C=C\CCCCCCCCC(=O)OCC(COC(=O)CCCCC/C=C\CCCCCCCC)OC(=O)CCCCCCCCCCCC/C=C\C=C/CCCCC. The van der Waals surface area contributed by atoms with Crippen LogP contribution < -0.4 is 0 Å². The fourth-order valence-corrected chi connectivity index (χ4v) is 8.01. The molecule has 0 fully saturated rings. The summed E-state index contributed by atoms with van der Waals surface area (Å²) in [6, 6.07) is 0. The Labute approximate surface area is 426 Å². The van der Waals surface area contributed by atoms with E-state index in [0.29, 0.717) is 19.3 Å². The average molecular weight is 962 g/mol. The van der Waals surface area contributed by atoms with Crippen LogP contribution in [0.5, 0.6) is 0 Å². The van der Waals surface area contributed by atoms with Crippen molar-refractivity contribution in [2.45, 2.75) is 284 Å². The van der Waals surface area contributed by atoms with Crippen molar-refractivity contribution < 1.29 is 28.6 Å². The molecule has 0 saturated heterocycles. The first-order valence-electron chi connectivity index (χ1n) is 29.1. The molecule has 0 aromatic carbocycles. The molecule has 0 aliphatic heterocycles. The van der Waals surface area contributed by atoms with E-state index in [0.717, 1.165) is 103 Å². The third-order valence-corrected chi connectivity index (χ3v) is 12.4. The summed E-state index contributed by atoms with van der Waals surface area (Å²) in [7, 11) is 0. The summed E-state index contributed by atoms with van der Waals surface area (Å²) >= 11 is 0. The number of rotatable bonds is 52. The van der Waals surface area contributed by atoms with Gasteiger partial charge in [0.2, 0.25) is 0 Å². The maximum atomic E-state index is 12.9. The van der Waals surface area contributed by atoms with Gasteiger partial charge in [0.15, 0.2) is 6.10 Å². The molecule has 0 saturated carbocycles. The lowest BCUT2D eigenvalue weighted by atomic mass is 10.1. The Hall–Kier alpha value is -3.41. The van der Waals surface area contributed by atoms with E-state index in [-0.39, 0.29) is 31.1 Å². The Bertz CT molecular complexity index is 1330. The Kier molecular flexibility index (Phi) is 54.3. The second-order valence-electron chi connectivity index (χ2n) is 19.2. The van der Waals surface area contributed by atoms with Crippen molar-refractivity contribution in [2.24, 2.45) is 0 Å². The highest BCUT2D eigenvalue weighted by Crippen LogP contribution is 2.15. The van der Waals surface area contributed by atoms with Gasteiger partial charge in [0.05, 0.1) is 0 Å². The standard InChI is InChI=1S/C63H108O6/c1-4-7-10-13-16-19-22-25-27-29-31-33-35-38-41-44-47-50-53-56-62(65)68-59-60(58-67-61(64)55-52-49-46-43-40-37-24-21-18-15-12-9-6-3)69-63(66)57-54-51-48-45-42-39-36-34-32-30-28-26-23-20-17-14-11-8-5-2/h7,10,16-17,19-20,23,25-27,31,33,37,40,60H,4-6,8-9,11-15,18,21-22,24,28-30,32,34-36,38-39,41-59H2,1-3H3/b10-7-,19-16-,20-17-,26-23-,27-25-,33-31-,40-37-. The minimum absolute atomic E-state index is 0.0898. The lowest BCUT2D eigenvalue weighted by Crippen LogP contribution is -2.30. The van der Waals surface area contributed by atoms with Gasteiger partial charge in [-0.25, -0.2) is 0 Å². The van der Waals surface area contributed by atoms with Crippen LogP contribution in [-0.2, 0) is 28.6 Å². The van der Waals surface area contributed by atoms with Crippen LogP contribution in [-0.4, -0.2) is 37.2 Å². The molecule has 6 heteroatoms. The molecular formula is C63H108O6. The lowest BCUT2D eigenvalue weighted by molar-refractivity contribution is -0.167. The van der Waals surface area contributed by atoms with Gasteiger partial charge in [-0.2, -0.15) is 0 Å². The Morgan fingerprint density at radius 2 is 0.609 bits per heavy atom. The number of ether oxygens (including phenoxy) is 3. The molecule has 0 heterocycles. The van der Waals surface area contributed by atoms with E-state index in [1.165, 1.54) is 135 Å². The number of unbranched alkanes of at least 4 members (excludes halogenated alkanes) is 28. The summed E-state index contributed by atoms with van der Waals surface area (Å²) in [6.07, 6.45) is 74.2. The molecule has 396 valence electrons. The first-order chi connectivity index (χ1) is 34.0. The molecule has 0 amide bonds. The minimum Gasteiger partial charge on any atom is -0.462 e. The lowest BCUT2D eigenvalue weighted by Gasteiger charge is -2.18. The molecule has 0 radical (unpaired) electrons. The summed E-state index contributed by atoms with van der Waals surface area (Å²) in [4.78, 5) is 38.2. The molecule has 0 rings (SSSR count). The molecular weight excluding hydrogens is 853 g/mol. The van der Waals surface area contributed by atoms with E-state index in [2.05, 4.69) is 106 Å². The van der Waals surface area contributed by atoms with E-state index in [1.807, 2.05) is 0 Å². The zero-order valence-corrected chi connectivity index (χ0v) is 45.3. The van der Waals surface area contributed by atoms with Crippen LogP contribution in [0.2, 0.25) is 0 Å². The minimum atomic E-state index is -0.791. The Balaban J connectivity index is 4.41. The summed E-state index contributed by atoms with van der Waals surface area (Å²) in [5.41, 5.74) is 0. The van der Waals surface area contributed by atoms with Crippen molar-refractivity contribution in [3.05, 3.63) is 85.1 Å². The highest BCUT2D eigenvalue weighted by Gasteiger charge is 2.19. The number of esters is 3. The van der Waals surface area contributed by atoms with Crippen molar-refractivity contribution >= 4 is 17.9 Å². The number of hydrogen-bond donors (Lipinski definition) is 0. The van der Waals surface area contributed by atoms with E-state index in [9.17, 15) is 14.4 Å². The van der Waals surface area contributed by atoms with Crippen molar-refractivity contribution in [3.63, 3.8) is 0 Å². The third kappa shape index (κ3) is 55.4. The van der Waals surface area contributed by atoms with Crippen LogP contribution in [0.4, 0.5) is 0 Å². The maximum Gasteiger partial charge on any atom is 0.306 e. The van der Waals surface area contributed by atoms with Gasteiger partial charge in [0.1, 0.15) is 13.2 Å². The van der Waals surface area contributed by atoms with Crippen molar-refractivity contribution in [3.8, 4) is 0 Å². The molecule has 0 aromatic heterocycles. The van der Waals surface area contributed by atoms with Crippen molar-refractivity contribution in [1.29, 1.82) is 0 Å². The van der Waals surface area contributed by atoms with E-state index in [4.69, 9.17) is 14.2 Å². The predicted octanol–water partition coefficient (Wildman–Crippen LogP) is 19.5. The van der Waals surface area contributed by atoms with Gasteiger partial charge in [-0.3, -0.25) is 14.4 Å². The Morgan fingerprint density at radius 3 is 1.03 bits per heavy atom. The van der Waals surface area contributed by atoms with Crippen LogP contribution in [0.25, 0.3) is 0 Å². The van der Waals surface area contributed by atoms with Gasteiger partial charge in [0.25, 0.3) is 0 Å².